The van der Waals surface area contributed by atoms with Crippen LogP contribution in [0.15, 0.2) is 12.5 Å². The van der Waals surface area contributed by atoms with Gasteiger partial charge in [-0.3, -0.25) is 0 Å². The van der Waals surface area contributed by atoms with Crippen LogP contribution in [0.2, 0.25) is 0 Å². The van der Waals surface area contributed by atoms with Gasteiger partial charge in [-0.05, 0) is 22.6 Å². The lowest BCUT2D eigenvalue weighted by molar-refractivity contribution is 1.19. The molecule has 0 unspecified atom stereocenters. The highest BCUT2D eigenvalue weighted by atomic mass is 127. The second kappa shape index (κ2) is 2.15. The van der Waals surface area contributed by atoms with Gasteiger partial charge in [0.1, 0.15) is 11.8 Å². The number of aromatic nitrogens is 4. The second-order valence-corrected chi connectivity index (χ2v) is 2.81. The summed E-state index contributed by atoms with van der Waals surface area (Å²) < 4.78 is 0.841. The number of H-pyrrole nitrogens is 1. The van der Waals surface area contributed by atoms with Gasteiger partial charge in [0.2, 0.25) is 0 Å². The van der Waals surface area contributed by atoms with E-state index in [4.69, 9.17) is 0 Å². The van der Waals surface area contributed by atoms with Gasteiger partial charge < -0.3 is 4.98 Å². The normalized spacial score (nSPS) is 10.5. The number of nitrogens with zero attached hydrogens (tertiary/aromatic N) is 3. The fourth-order valence-corrected chi connectivity index (χ4v) is 1.25. The van der Waals surface area contributed by atoms with Gasteiger partial charge in [-0.2, -0.15) is 0 Å². The number of aromatic amines is 1. The van der Waals surface area contributed by atoms with Gasteiger partial charge >= 0.3 is 0 Å². The van der Waals surface area contributed by atoms with E-state index in [0.29, 0.717) is 0 Å². The molecule has 4 nitrogen and oxygen atoms in total. The van der Waals surface area contributed by atoms with E-state index in [1.54, 1.807) is 6.20 Å². The van der Waals surface area contributed by atoms with Crippen LogP contribution in [-0.2, 0) is 0 Å². The van der Waals surface area contributed by atoms with Gasteiger partial charge in [-0.25, -0.2) is 15.0 Å². The molecule has 0 saturated heterocycles. The van der Waals surface area contributed by atoms with Crippen molar-refractivity contribution in [1.29, 1.82) is 0 Å². The summed E-state index contributed by atoms with van der Waals surface area (Å²) in [6, 6.07) is 0. The van der Waals surface area contributed by atoms with E-state index in [1.165, 1.54) is 6.33 Å². The minimum absolute atomic E-state index is 0.791. The molecule has 2 aromatic heterocycles. The lowest BCUT2D eigenvalue weighted by Gasteiger charge is -1.80. The van der Waals surface area contributed by atoms with Crippen LogP contribution >= 0.6 is 22.6 Å². The SMILES string of the molecule is Ic1nc2cncnc2[nH]1. The topological polar surface area (TPSA) is 54.5 Å². The van der Waals surface area contributed by atoms with Crippen molar-refractivity contribution >= 4 is 33.8 Å². The van der Waals surface area contributed by atoms with E-state index < -0.39 is 0 Å². The van der Waals surface area contributed by atoms with Crippen molar-refractivity contribution in [2.45, 2.75) is 0 Å². The molecule has 0 aromatic carbocycles. The van der Waals surface area contributed by atoms with E-state index >= 15 is 0 Å². The molecule has 0 atom stereocenters. The summed E-state index contributed by atoms with van der Waals surface area (Å²) in [6.45, 7) is 0. The third-order valence-electron chi connectivity index (χ3n) is 1.13. The van der Waals surface area contributed by atoms with E-state index in [1.807, 2.05) is 0 Å². The minimum Gasteiger partial charge on any atom is -0.318 e. The molecule has 0 saturated carbocycles. The number of hydrogen-bond acceptors (Lipinski definition) is 3. The molecule has 0 aliphatic carbocycles. The maximum Gasteiger partial charge on any atom is 0.170 e. The molecule has 0 bridgehead atoms. The van der Waals surface area contributed by atoms with Gasteiger partial charge in [0.05, 0.1) is 6.20 Å². The van der Waals surface area contributed by atoms with Crippen LogP contribution in [-0.4, -0.2) is 19.9 Å². The van der Waals surface area contributed by atoms with Crippen molar-refractivity contribution in [3.05, 3.63) is 16.4 Å². The molecule has 2 rings (SSSR count). The second-order valence-electron chi connectivity index (χ2n) is 1.78. The average Bonchev–Trinajstić information content (AvgIpc) is 2.27. The van der Waals surface area contributed by atoms with Gasteiger partial charge in [-0.1, -0.05) is 0 Å². The molecule has 1 N–H and O–H groups in total. The minimum atomic E-state index is 0.791. The Hall–Kier alpha value is -0.720. The number of imidazole rings is 1. The van der Waals surface area contributed by atoms with Crippen LogP contribution in [0.4, 0.5) is 0 Å². The molecule has 0 radical (unpaired) electrons. The molecular weight excluding hydrogens is 243 g/mol. The van der Waals surface area contributed by atoms with Crippen LogP contribution in [0.3, 0.4) is 0 Å². The summed E-state index contributed by atoms with van der Waals surface area (Å²) in [5.74, 6) is 0. The van der Waals surface area contributed by atoms with Crippen molar-refractivity contribution in [1.82, 2.24) is 19.9 Å². The first-order valence-corrected chi connectivity index (χ1v) is 3.75. The van der Waals surface area contributed by atoms with E-state index in [2.05, 4.69) is 42.5 Å². The Morgan fingerprint density at radius 3 is 3.20 bits per heavy atom. The molecule has 0 fully saturated rings. The number of hydrogen-bond donors (Lipinski definition) is 1. The van der Waals surface area contributed by atoms with Gasteiger partial charge in [0, 0.05) is 0 Å². The van der Waals surface area contributed by atoms with E-state index in [0.717, 1.165) is 15.0 Å². The van der Waals surface area contributed by atoms with Crippen LogP contribution in [0.25, 0.3) is 11.2 Å². The van der Waals surface area contributed by atoms with Crippen molar-refractivity contribution in [3.8, 4) is 0 Å². The average molecular weight is 246 g/mol. The van der Waals surface area contributed by atoms with Crippen molar-refractivity contribution in [2.24, 2.45) is 0 Å². The van der Waals surface area contributed by atoms with Gasteiger partial charge in [0.25, 0.3) is 0 Å². The Bertz CT molecular complexity index is 322. The standard InChI is InChI=1S/C5H3IN4/c6-5-9-3-1-7-2-8-4(3)10-5/h1-2H,(H,7,8,9,10). The molecule has 0 spiro atoms. The Balaban J connectivity index is 2.88. The third kappa shape index (κ3) is 0.859. The summed E-state index contributed by atoms with van der Waals surface area (Å²) in [4.78, 5) is 14.9. The quantitative estimate of drug-likeness (QED) is 0.556. The number of rotatable bonds is 0. The zero-order chi connectivity index (χ0) is 6.97. The van der Waals surface area contributed by atoms with Crippen LogP contribution in [0, 0.1) is 3.83 Å². The summed E-state index contributed by atoms with van der Waals surface area (Å²) in [5.41, 5.74) is 1.60. The van der Waals surface area contributed by atoms with Crippen LogP contribution < -0.4 is 0 Å². The summed E-state index contributed by atoms with van der Waals surface area (Å²) in [6.07, 6.45) is 3.18. The van der Waals surface area contributed by atoms with E-state index in [9.17, 15) is 0 Å². The number of nitrogens with one attached hydrogen (secondary N) is 1. The largest absolute Gasteiger partial charge is 0.318 e. The zero-order valence-corrected chi connectivity index (χ0v) is 7.03. The first-order valence-electron chi connectivity index (χ1n) is 2.67. The Morgan fingerprint density at radius 2 is 2.40 bits per heavy atom. The predicted octanol–water partition coefficient (Wildman–Crippen LogP) is 0.958. The highest BCUT2D eigenvalue weighted by Crippen LogP contribution is 2.06. The van der Waals surface area contributed by atoms with Crippen molar-refractivity contribution in [2.75, 3.05) is 0 Å². The van der Waals surface area contributed by atoms with Gasteiger partial charge in [-0.15, -0.1) is 0 Å². The fourth-order valence-electron chi connectivity index (χ4n) is 0.732. The monoisotopic (exact) mass is 246 g/mol. The van der Waals surface area contributed by atoms with E-state index in [-0.39, 0.29) is 0 Å². The Morgan fingerprint density at radius 1 is 1.50 bits per heavy atom. The highest BCUT2D eigenvalue weighted by molar-refractivity contribution is 14.1. The molecule has 2 aromatic rings. The highest BCUT2D eigenvalue weighted by Gasteiger charge is 1.97. The first-order chi connectivity index (χ1) is 4.86. The molecule has 5 heteroatoms. The Kier molecular flexibility index (Phi) is 1.30. The summed E-state index contributed by atoms with van der Waals surface area (Å²) >= 11 is 2.10. The maximum atomic E-state index is 4.12. The lowest BCUT2D eigenvalue weighted by atomic mass is 10.6. The lowest BCUT2D eigenvalue weighted by Crippen LogP contribution is -1.76. The zero-order valence-electron chi connectivity index (χ0n) is 4.87. The summed E-state index contributed by atoms with van der Waals surface area (Å²) in [5, 5.41) is 0. The van der Waals surface area contributed by atoms with Crippen molar-refractivity contribution in [3.63, 3.8) is 0 Å². The van der Waals surface area contributed by atoms with Gasteiger partial charge in [0.15, 0.2) is 9.48 Å². The molecular formula is C5H3IN4. The molecule has 2 heterocycles. The molecule has 0 amide bonds. The Labute approximate surface area is 70.2 Å². The summed E-state index contributed by atoms with van der Waals surface area (Å²) in [7, 11) is 0. The fraction of sp³-hybridized carbons (Fsp3) is 0. The number of fused-ring (bicyclic) bond motifs is 1. The molecule has 50 valence electrons. The van der Waals surface area contributed by atoms with Crippen molar-refractivity contribution < 1.29 is 0 Å². The predicted molar refractivity (Wildman–Crippen MR) is 44.4 cm³/mol. The van der Waals surface area contributed by atoms with Crippen LogP contribution in [0.5, 0.6) is 0 Å². The third-order valence-corrected chi connectivity index (χ3v) is 1.64. The maximum absolute atomic E-state index is 4.12. The molecule has 0 aliphatic heterocycles. The number of halogens is 1. The smallest absolute Gasteiger partial charge is 0.170 e. The first kappa shape index (κ1) is 6.02. The molecule has 0 aliphatic rings. The van der Waals surface area contributed by atoms with Crippen LogP contribution in [0.1, 0.15) is 0 Å². The molecule has 10 heavy (non-hydrogen) atoms.